The lowest BCUT2D eigenvalue weighted by Gasteiger charge is -2.19. The molecule has 0 spiro atoms. The Labute approximate surface area is 143 Å². The van der Waals surface area contributed by atoms with E-state index in [2.05, 4.69) is 15.3 Å². The van der Waals surface area contributed by atoms with Gasteiger partial charge >= 0.3 is 0 Å². The summed E-state index contributed by atoms with van der Waals surface area (Å²) in [5.74, 6) is 0.00211. The maximum absolute atomic E-state index is 12.4. The van der Waals surface area contributed by atoms with Gasteiger partial charge in [-0.25, -0.2) is 9.97 Å². The lowest BCUT2D eigenvalue weighted by molar-refractivity contribution is -0.116. The number of amides is 2. The topological polar surface area (TPSA) is 75.2 Å². The van der Waals surface area contributed by atoms with Gasteiger partial charge in [0.1, 0.15) is 4.88 Å². The number of anilines is 2. The zero-order chi connectivity index (χ0) is 17.1. The predicted octanol–water partition coefficient (Wildman–Crippen LogP) is 3.48. The first-order chi connectivity index (χ1) is 10.8. The van der Waals surface area contributed by atoms with Gasteiger partial charge in [0.15, 0.2) is 10.3 Å². The smallest absolute Gasteiger partial charge is 0.269 e. The van der Waals surface area contributed by atoms with Crippen molar-refractivity contribution in [3.63, 3.8) is 0 Å². The molecule has 2 heterocycles. The normalized spacial score (nSPS) is 10.9. The number of nitrogens with zero attached hydrogens (tertiary/aromatic N) is 3. The van der Waals surface area contributed by atoms with Gasteiger partial charge in [-0.3, -0.25) is 19.8 Å². The first kappa shape index (κ1) is 17.6. The van der Waals surface area contributed by atoms with Gasteiger partial charge in [0, 0.05) is 24.5 Å². The van der Waals surface area contributed by atoms with Crippen molar-refractivity contribution in [2.75, 3.05) is 16.8 Å². The summed E-state index contributed by atoms with van der Waals surface area (Å²) in [6, 6.07) is 0. The molecular weight excluding hydrogens is 332 g/mol. The third kappa shape index (κ3) is 4.35. The molecule has 0 aliphatic rings. The van der Waals surface area contributed by atoms with Crippen LogP contribution in [-0.4, -0.2) is 28.3 Å². The average molecular weight is 352 g/mol. The van der Waals surface area contributed by atoms with Crippen LogP contribution in [0.5, 0.6) is 0 Å². The Morgan fingerprint density at radius 1 is 1.30 bits per heavy atom. The van der Waals surface area contributed by atoms with Crippen molar-refractivity contribution in [3.8, 4) is 0 Å². The molecule has 124 valence electrons. The fraction of sp³-hybridized carbons (Fsp3) is 0.467. The van der Waals surface area contributed by atoms with Crippen LogP contribution in [0.1, 0.15) is 41.0 Å². The second kappa shape index (κ2) is 7.18. The van der Waals surface area contributed by atoms with Crippen molar-refractivity contribution in [3.05, 3.63) is 21.6 Å². The van der Waals surface area contributed by atoms with Crippen LogP contribution < -0.4 is 10.2 Å². The molecule has 2 aromatic rings. The molecular formula is C15H20N4O2S2. The van der Waals surface area contributed by atoms with Crippen LogP contribution in [0.25, 0.3) is 0 Å². The second-order valence-corrected chi connectivity index (χ2v) is 7.88. The van der Waals surface area contributed by atoms with Gasteiger partial charge in [-0.1, -0.05) is 25.2 Å². The number of nitrogens with one attached hydrogen (secondary N) is 1. The molecule has 23 heavy (non-hydrogen) atoms. The average Bonchev–Trinajstić information content (AvgIpc) is 3.01. The largest absolute Gasteiger partial charge is 0.297 e. The summed E-state index contributed by atoms with van der Waals surface area (Å²) in [5, 5.41) is 3.90. The second-order valence-electron chi connectivity index (χ2n) is 5.66. The van der Waals surface area contributed by atoms with Gasteiger partial charge in [0.25, 0.3) is 5.91 Å². The number of thiazole rings is 2. The summed E-state index contributed by atoms with van der Waals surface area (Å²) in [7, 11) is 0. The van der Waals surface area contributed by atoms with Crippen molar-refractivity contribution < 1.29 is 9.59 Å². The summed E-state index contributed by atoms with van der Waals surface area (Å²) in [4.78, 5) is 35.9. The molecule has 2 amide bonds. The van der Waals surface area contributed by atoms with E-state index in [9.17, 15) is 9.59 Å². The monoisotopic (exact) mass is 352 g/mol. The summed E-state index contributed by atoms with van der Waals surface area (Å²) < 4.78 is 0. The molecule has 0 aromatic carbocycles. The Kier molecular flexibility index (Phi) is 5.48. The minimum atomic E-state index is -0.242. The minimum absolute atomic E-state index is 0.0741. The molecule has 0 saturated carbocycles. The highest BCUT2D eigenvalue weighted by Gasteiger charge is 2.22. The Balaban J connectivity index is 2.22. The number of hydrogen-bond donors (Lipinski definition) is 1. The van der Waals surface area contributed by atoms with Crippen LogP contribution in [0, 0.1) is 19.8 Å². The molecule has 0 aliphatic heterocycles. The molecule has 0 atom stereocenters. The first-order valence-electron chi connectivity index (χ1n) is 7.27. The summed E-state index contributed by atoms with van der Waals surface area (Å²) in [6.07, 6.45) is 1.71. The Morgan fingerprint density at radius 2 is 2.00 bits per heavy atom. The number of aromatic nitrogens is 2. The zero-order valence-electron chi connectivity index (χ0n) is 13.8. The standard InChI is InChI=1S/C15H20N4O2S2/c1-8(2)7-19(11(5)20)15-17-10(4)12(23-15)13(21)18-14-16-6-9(3)22-14/h6,8H,7H2,1-5H3,(H,16,18,21). The number of carbonyl (C=O) groups excluding carboxylic acids is 2. The Hall–Kier alpha value is -1.80. The Morgan fingerprint density at radius 3 is 2.52 bits per heavy atom. The summed E-state index contributed by atoms with van der Waals surface area (Å²) in [6.45, 7) is 9.87. The zero-order valence-corrected chi connectivity index (χ0v) is 15.5. The van der Waals surface area contributed by atoms with E-state index in [4.69, 9.17) is 0 Å². The van der Waals surface area contributed by atoms with E-state index in [1.54, 1.807) is 18.0 Å². The lowest BCUT2D eigenvalue weighted by Crippen LogP contribution is -2.32. The Bertz CT molecular complexity index is 721. The SMILES string of the molecule is CC(=O)N(CC(C)C)c1nc(C)c(C(=O)Nc2ncc(C)s2)s1. The van der Waals surface area contributed by atoms with Gasteiger partial charge in [0.2, 0.25) is 5.91 Å². The van der Waals surface area contributed by atoms with Crippen molar-refractivity contribution in [1.29, 1.82) is 0 Å². The van der Waals surface area contributed by atoms with E-state index >= 15 is 0 Å². The lowest BCUT2D eigenvalue weighted by atomic mass is 10.2. The van der Waals surface area contributed by atoms with E-state index in [0.29, 0.717) is 33.3 Å². The molecule has 0 aliphatic carbocycles. The molecule has 0 saturated heterocycles. The van der Waals surface area contributed by atoms with E-state index in [0.717, 1.165) is 4.88 Å². The highest BCUT2D eigenvalue weighted by molar-refractivity contribution is 7.18. The van der Waals surface area contributed by atoms with Gasteiger partial charge in [-0.05, 0) is 19.8 Å². The molecule has 8 heteroatoms. The molecule has 0 bridgehead atoms. The fourth-order valence-electron chi connectivity index (χ4n) is 1.98. The molecule has 6 nitrogen and oxygen atoms in total. The van der Waals surface area contributed by atoms with Crippen molar-refractivity contribution in [2.24, 2.45) is 5.92 Å². The van der Waals surface area contributed by atoms with Crippen LogP contribution in [0.2, 0.25) is 0 Å². The maximum Gasteiger partial charge on any atom is 0.269 e. The number of aryl methyl sites for hydroxylation is 2. The van der Waals surface area contributed by atoms with E-state index in [-0.39, 0.29) is 11.8 Å². The summed E-state index contributed by atoms with van der Waals surface area (Å²) >= 11 is 2.65. The van der Waals surface area contributed by atoms with Crippen molar-refractivity contribution >= 4 is 44.8 Å². The van der Waals surface area contributed by atoms with Gasteiger partial charge in [-0.15, -0.1) is 11.3 Å². The number of rotatable bonds is 5. The number of hydrogen-bond acceptors (Lipinski definition) is 6. The summed E-state index contributed by atoms with van der Waals surface area (Å²) in [5.41, 5.74) is 0.616. The van der Waals surface area contributed by atoms with Gasteiger partial charge in [-0.2, -0.15) is 0 Å². The van der Waals surface area contributed by atoms with Crippen LogP contribution in [0.3, 0.4) is 0 Å². The molecule has 2 rings (SSSR count). The minimum Gasteiger partial charge on any atom is -0.297 e. The fourth-order valence-corrected chi connectivity index (χ4v) is 3.66. The quantitative estimate of drug-likeness (QED) is 0.894. The van der Waals surface area contributed by atoms with Crippen molar-refractivity contribution in [1.82, 2.24) is 9.97 Å². The van der Waals surface area contributed by atoms with Crippen LogP contribution >= 0.6 is 22.7 Å². The van der Waals surface area contributed by atoms with Crippen LogP contribution in [0.4, 0.5) is 10.3 Å². The van der Waals surface area contributed by atoms with E-state index in [1.165, 1.54) is 29.6 Å². The van der Waals surface area contributed by atoms with Crippen LogP contribution in [-0.2, 0) is 4.79 Å². The van der Waals surface area contributed by atoms with Gasteiger partial charge in [0.05, 0.1) is 5.69 Å². The first-order valence-corrected chi connectivity index (χ1v) is 8.90. The highest BCUT2D eigenvalue weighted by atomic mass is 32.1. The van der Waals surface area contributed by atoms with Crippen molar-refractivity contribution in [2.45, 2.75) is 34.6 Å². The molecule has 0 radical (unpaired) electrons. The number of carbonyl (C=O) groups is 2. The molecule has 0 fully saturated rings. The maximum atomic E-state index is 12.4. The van der Waals surface area contributed by atoms with Gasteiger partial charge < -0.3 is 0 Å². The van der Waals surface area contributed by atoms with Crippen LogP contribution in [0.15, 0.2) is 6.20 Å². The third-order valence-corrected chi connectivity index (χ3v) is 5.00. The van der Waals surface area contributed by atoms with E-state index < -0.39 is 0 Å². The molecule has 1 N–H and O–H groups in total. The molecule has 2 aromatic heterocycles. The third-order valence-electron chi connectivity index (χ3n) is 2.99. The van der Waals surface area contributed by atoms with E-state index in [1.807, 2.05) is 20.8 Å². The predicted molar refractivity (Wildman–Crippen MR) is 94.5 cm³/mol. The molecule has 0 unspecified atom stereocenters. The highest BCUT2D eigenvalue weighted by Crippen LogP contribution is 2.28.